The van der Waals surface area contributed by atoms with Crippen molar-refractivity contribution in [3.63, 3.8) is 0 Å². The van der Waals surface area contributed by atoms with Crippen LogP contribution in [0.1, 0.15) is 26.2 Å². The Kier molecular flexibility index (Phi) is 2.88. The highest BCUT2D eigenvalue weighted by molar-refractivity contribution is 5.69. The van der Waals surface area contributed by atoms with E-state index >= 15 is 0 Å². The fourth-order valence-electron chi connectivity index (χ4n) is 1.67. The molecule has 0 saturated heterocycles. The number of aliphatic carboxylic acids is 1. The van der Waals surface area contributed by atoms with Crippen molar-refractivity contribution >= 4 is 5.97 Å². The average Bonchev–Trinajstić information content (AvgIpc) is 2.31. The van der Waals surface area contributed by atoms with Gasteiger partial charge in [0.1, 0.15) is 0 Å². The SMILES string of the molecule is CC1CCCC1NCC(=O)O. The van der Waals surface area contributed by atoms with Crippen LogP contribution in [0.4, 0.5) is 0 Å². The minimum atomic E-state index is -0.760. The summed E-state index contributed by atoms with van der Waals surface area (Å²) < 4.78 is 0. The zero-order valence-electron chi connectivity index (χ0n) is 6.84. The van der Waals surface area contributed by atoms with E-state index in [1.807, 2.05) is 0 Å². The fourth-order valence-corrected chi connectivity index (χ4v) is 1.67. The highest BCUT2D eigenvalue weighted by Gasteiger charge is 2.22. The molecule has 2 atom stereocenters. The van der Waals surface area contributed by atoms with Crippen LogP contribution in [0.15, 0.2) is 0 Å². The van der Waals surface area contributed by atoms with Gasteiger partial charge in [-0.3, -0.25) is 4.79 Å². The molecule has 0 amide bonds. The van der Waals surface area contributed by atoms with E-state index in [-0.39, 0.29) is 6.54 Å². The molecule has 0 spiro atoms. The molecule has 0 aromatic heterocycles. The van der Waals surface area contributed by atoms with Crippen LogP contribution in [0.5, 0.6) is 0 Å². The number of nitrogens with one attached hydrogen (secondary N) is 1. The summed E-state index contributed by atoms with van der Waals surface area (Å²) in [4.78, 5) is 10.2. The van der Waals surface area contributed by atoms with Crippen LogP contribution in [0.3, 0.4) is 0 Å². The molecule has 11 heavy (non-hydrogen) atoms. The first kappa shape index (κ1) is 8.53. The van der Waals surface area contributed by atoms with Crippen molar-refractivity contribution in [1.82, 2.24) is 5.32 Å². The van der Waals surface area contributed by atoms with Gasteiger partial charge in [-0.1, -0.05) is 13.3 Å². The predicted octanol–water partition coefficient (Wildman–Crippen LogP) is 0.849. The van der Waals surface area contributed by atoms with Crippen LogP contribution in [0, 0.1) is 5.92 Å². The lowest BCUT2D eigenvalue weighted by Gasteiger charge is -2.15. The molecule has 1 aliphatic rings. The molecular formula is C8H15NO2. The van der Waals surface area contributed by atoms with Crippen LogP contribution < -0.4 is 5.32 Å². The molecule has 3 nitrogen and oxygen atoms in total. The topological polar surface area (TPSA) is 49.3 Å². The Morgan fingerprint density at radius 1 is 1.64 bits per heavy atom. The molecule has 3 heteroatoms. The van der Waals surface area contributed by atoms with E-state index in [0.29, 0.717) is 12.0 Å². The zero-order chi connectivity index (χ0) is 8.27. The van der Waals surface area contributed by atoms with Gasteiger partial charge in [0.05, 0.1) is 6.54 Å². The van der Waals surface area contributed by atoms with Crippen molar-refractivity contribution in [3.8, 4) is 0 Å². The van der Waals surface area contributed by atoms with Crippen molar-refractivity contribution in [2.45, 2.75) is 32.2 Å². The van der Waals surface area contributed by atoms with Gasteiger partial charge in [0.15, 0.2) is 0 Å². The molecule has 0 aliphatic heterocycles. The third-order valence-corrected chi connectivity index (χ3v) is 2.38. The molecule has 1 aliphatic carbocycles. The first-order valence-corrected chi connectivity index (χ1v) is 4.15. The van der Waals surface area contributed by atoms with E-state index in [1.54, 1.807) is 0 Å². The second kappa shape index (κ2) is 3.72. The number of hydrogen-bond acceptors (Lipinski definition) is 2. The van der Waals surface area contributed by atoms with Crippen molar-refractivity contribution in [2.75, 3.05) is 6.54 Å². The minimum absolute atomic E-state index is 0.106. The van der Waals surface area contributed by atoms with Crippen LogP contribution in [0.25, 0.3) is 0 Å². The summed E-state index contributed by atoms with van der Waals surface area (Å²) in [6.45, 7) is 2.28. The maximum Gasteiger partial charge on any atom is 0.317 e. The first-order chi connectivity index (χ1) is 5.20. The maximum atomic E-state index is 10.2. The third-order valence-electron chi connectivity index (χ3n) is 2.38. The van der Waals surface area contributed by atoms with E-state index < -0.39 is 5.97 Å². The van der Waals surface area contributed by atoms with Crippen molar-refractivity contribution in [1.29, 1.82) is 0 Å². The summed E-state index contributed by atoms with van der Waals surface area (Å²) in [5.41, 5.74) is 0. The second-order valence-corrected chi connectivity index (χ2v) is 3.29. The van der Waals surface area contributed by atoms with Crippen LogP contribution in [0.2, 0.25) is 0 Å². The van der Waals surface area contributed by atoms with Gasteiger partial charge in [-0.05, 0) is 18.8 Å². The Morgan fingerprint density at radius 3 is 2.82 bits per heavy atom. The molecule has 0 aromatic carbocycles. The van der Waals surface area contributed by atoms with Crippen molar-refractivity contribution in [3.05, 3.63) is 0 Å². The standard InChI is InChI=1S/C8H15NO2/c1-6-3-2-4-7(6)9-5-8(10)11/h6-7,9H,2-5H2,1H3,(H,10,11). The molecule has 1 fully saturated rings. The molecule has 64 valence electrons. The Balaban J connectivity index is 2.20. The molecule has 0 radical (unpaired) electrons. The smallest absolute Gasteiger partial charge is 0.317 e. The Labute approximate surface area is 66.8 Å². The fraction of sp³-hybridized carbons (Fsp3) is 0.875. The van der Waals surface area contributed by atoms with E-state index in [9.17, 15) is 4.79 Å². The molecule has 0 heterocycles. The predicted molar refractivity (Wildman–Crippen MR) is 42.4 cm³/mol. The molecule has 0 bridgehead atoms. The summed E-state index contributed by atoms with van der Waals surface area (Å²) in [6, 6.07) is 0.436. The first-order valence-electron chi connectivity index (χ1n) is 4.15. The van der Waals surface area contributed by atoms with Crippen molar-refractivity contribution in [2.24, 2.45) is 5.92 Å². The largest absolute Gasteiger partial charge is 0.480 e. The number of carboxylic acids is 1. The van der Waals surface area contributed by atoms with E-state index in [4.69, 9.17) is 5.11 Å². The molecular weight excluding hydrogens is 142 g/mol. The molecule has 1 saturated carbocycles. The van der Waals surface area contributed by atoms with Crippen LogP contribution in [-0.2, 0) is 4.79 Å². The van der Waals surface area contributed by atoms with Gasteiger partial charge in [0.2, 0.25) is 0 Å². The van der Waals surface area contributed by atoms with Gasteiger partial charge in [-0.15, -0.1) is 0 Å². The molecule has 0 aromatic rings. The number of carbonyl (C=O) groups is 1. The zero-order valence-corrected chi connectivity index (χ0v) is 6.84. The number of carboxylic acid groups (broad SMARTS) is 1. The van der Waals surface area contributed by atoms with E-state index in [0.717, 1.165) is 6.42 Å². The third kappa shape index (κ3) is 2.50. The minimum Gasteiger partial charge on any atom is -0.480 e. The normalized spacial score (nSPS) is 30.6. The summed E-state index contributed by atoms with van der Waals surface area (Å²) >= 11 is 0. The molecule has 2 unspecified atom stereocenters. The highest BCUT2D eigenvalue weighted by atomic mass is 16.4. The summed E-state index contributed by atoms with van der Waals surface area (Å²) in [5, 5.41) is 11.4. The van der Waals surface area contributed by atoms with Gasteiger partial charge < -0.3 is 10.4 Å². The second-order valence-electron chi connectivity index (χ2n) is 3.29. The Morgan fingerprint density at radius 2 is 2.36 bits per heavy atom. The lowest BCUT2D eigenvalue weighted by atomic mass is 10.1. The number of rotatable bonds is 3. The quantitative estimate of drug-likeness (QED) is 0.638. The number of hydrogen-bond donors (Lipinski definition) is 2. The van der Waals surface area contributed by atoms with E-state index in [1.165, 1.54) is 12.8 Å². The summed E-state index contributed by atoms with van der Waals surface area (Å²) in [5.74, 6) is -0.113. The van der Waals surface area contributed by atoms with Crippen LogP contribution in [-0.4, -0.2) is 23.7 Å². The van der Waals surface area contributed by atoms with Crippen molar-refractivity contribution < 1.29 is 9.90 Å². The van der Waals surface area contributed by atoms with Gasteiger partial charge in [0, 0.05) is 6.04 Å². The molecule has 1 rings (SSSR count). The maximum absolute atomic E-state index is 10.2. The van der Waals surface area contributed by atoms with Crippen LogP contribution >= 0.6 is 0 Å². The lowest BCUT2D eigenvalue weighted by Crippen LogP contribution is -2.35. The van der Waals surface area contributed by atoms with Gasteiger partial charge >= 0.3 is 5.97 Å². The average molecular weight is 157 g/mol. The van der Waals surface area contributed by atoms with E-state index in [2.05, 4.69) is 12.2 Å². The summed E-state index contributed by atoms with van der Waals surface area (Å²) in [6.07, 6.45) is 3.60. The van der Waals surface area contributed by atoms with Gasteiger partial charge in [0.25, 0.3) is 0 Å². The highest BCUT2D eigenvalue weighted by Crippen LogP contribution is 2.24. The van der Waals surface area contributed by atoms with Gasteiger partial charge in [-0.2, -0.15) is 0 Å². The lowest BCUT2D eigenvalue weighted by molar-refractivity contribution is -0.136. The monoisotopic (exact) mass is 157 g/mol. The molecule has 2 N–H and O–H groups in total. The summed E-state index contributed by atoms with van der Waals surface area (Å²) in [7, 11) is 0. The Hall–Kier alpha value is -0.570. The van der Waals surface area contributed by atoms with Gasteiger partial charge in [-0.25, -0.2) is 0 Å². The Bertz CT molecular complexity index is 147.